The van der Waals surface area contributed by atoms with Crippen molar-refractivity contribution in [3.05, 3.63) is 11.1 Å². The number of hydrogen-bond acceptors (Lipinski definition) is 4. The third-order valence-electron chi connectivity index (χ3n) is 2.54. The first-order valence-corrected chi connectivity index (χ1v) is 6.69. The zero-order valence-electron chi connectivity index (χ0n) is 9.52. The maximum Gasteiger partial charge on any atom is 0.267 e. The van der Waals surface area contributed by atoms with Gasteiger partial charge in [-0.05, 0) is 24.4 Å². The minimum atomic E-state index is -0.00986. The van der Waals surface area contributed by atoms with Gasteiger partial charge in [0.25, 0.3) is 5.91 Å². The molecule has 0 bridgehead atoms. The Balaban J connectivity index is 2.80. The number of alkyl halides is 1. The van der Waals surface area contributed by atoms with Crippen LogP contribution in [-0.4, -0.2) is 38.9 Å². The lowest BCUT2D eigenvalue weighted by Crippen LogP contribution is -2.40. The largest absolute Gasteiger partial charge is 0.334 e. The number of amides is 1. The molecule has 6 heteroatoms. The Hall–Kier alpha value is -0.680. The normalized spacial score (nSPS) is 10.8. The molecule has 0 aliphatic heterocycles. The van der Waals surface area contributed by atoms with Gasteiger partial charge in [-0.15, -0.1) is 16.7 Å². The number of halogens is 1. The number of rotatable bonds is 6. The van der Waals surface area contributed by atoms with Crippen molar-refractivity contribution in [1.82, 2.24) is 14.5 Å². The van der Waals surface area contributed by atoms with Crippen LogP contribution in [-0.2, 0) is 0 Å². The van der Waals surface area contributed by atoms with Crippen molar-refractivity contribution >= 4 is 29.0 Å². The van der Waals surface area contributed by atoms with Crippen LogP contribution in [0.25, 0.3) is 0 Å². The van der Waals surface area contributed by atoms with E-state index in [1.165, 1.54) is 6.20 Å². The van der Waals surface area contributed by atoms with E-state index in [-0.39, 0.29) is 11.9 Å². The molecule has 1 aromatic heterocycles. The van der Waals surface area contributed by atoms with Crippen LogP contribution in [0.4, 0.5) is 0 Å². The van der Waals surface area contributed by atoms with E-state index < -0.39 is 0 Å². The second kappa shape index (κ2) is 6.81. The zero-order chi connectivity index (χ0) is 12.0. The number of hydrogen-bond donors (Lipinski definition) is 0. The van der Waals surface area contributed by atoms with Gasteiger partial charge in [-0.25, -0.2) is 0 Å². The van der Waals surface area contributed by atoms with E-state index in [0.29, 0.717) is 17.3 Å². The summed E-state index contributed by atoms with van der Waals surface area (Å²) in [5.74, 6) is 0.443. The van der Waals surface area contributed by atoms with Crippen molar-refractivity contribution in [1.29, 1.82) is 0 Å². The second-order valence-corrected chi connectivity index (χ2v) is 4.60. The Labute approximate surface area is 105 Å². The van der Waals surface area contributed by atoms with E-state index in [0.717, 1.165) is 24.4 Å². The van der Waals surface area contributed by atoms with Crippen molar-refractivity contribution in [2.75, 3.05) is 12.4 Å². The molecule has 1 rings (SSSR count). The van der Waals surface area contributed by atoms with E-state index in [2.05, 4.69) is 23.4 Å². The van der Waals surface area contributed by atoms with E-state index in [4.69, 9.17) is 11.6 Å². The predicted octanol–water partition coefficient (Wildman–Crippen LogP) is 2.41. The lowest BCUT2D eigenvalue weighted by atomic mass is 10.1. The molecule has 0 aliphatic carbocycles. The molecule has 0 unspecified atom stereocenters. The summed E-state index contributed by atoms with van der Waals surface area (Å²) < 4.78 is 3.71. The fraction of sp³-hybridized carbons (Fsp3) is 0.700. The molecule has 0 atom stereocenters. The molecule has 1 heterocycles. The first kappa shape index (κ1) is 13.4. The van der Waals surface area contributed by atoms with Gasteiger partial charge >= 0.3 is 0 Å². The molecule has 0 N–H and O–H groups in total. The smallest absolute Gasteiger partial charge is 0.267 e. The summed E-state index contributed by atoms with van der Waals surface area (Å²) in [6, 6.07) is 0.244. The van der Waals surface area contributed by atoms with Gasteiger partial charge in [-0.2, -0.15) is 0 Å². The van der Waals surface area contributed by atoms with Gasteiger partial charge in [0.05, 0.1) is 6.20 Å². The highest BCUT2D eigenvalue weighted by atomic mass is 35.5. The van der Waals surface area contributed by atoms with Crippen molar-refractivity contribution < 1.29 is 4.79 Å². The fourth-order valence-corrected chi connectivity index (χ4v) is 2.33. The minimum absolute atomic E-state index is 0.00986. The molecule has 0 aliphatic rings. The maximum absolute atomic E-state index is 12.2. The quantitative estimate of drug-likeness (QED) is 0.739. The predicted molar refractivity (Wildman–Crippen MR) is 66.0 cm³/mol. The van der Waals surface area contributed by atoms with E-state index in [1.807, 2.05) is 4.90 Å². The van der Waals surface area contributed by atoms with Gasteiger partial charge in [-0.1, -0.05) is 18.3 Å². The van der Waals surface area contributed by atoms with Crippen LogP contribution in [0.2, 0.25) is 0 Å². The summed E-state index contributed by atoms with van der Waals surface area (Å²) in [4.78, 5) is 14.6. The number of carbonyl (C=O) groups excluding carboxylic acids is 1. The van der Waals surface area contributed by atoms with E-state index in [9.17, 15) is 4.79 Å². The number of nitrogens with zero attached hydrogens (tertiary/aromatic N) is 3. The van der Waals surface area contributed by atoms with Gasteiger partial charge < -0.3 is 4.90 Å². The highest BCUT2D eigenvalue weighted by Crippen LogP contribution is 2.15. The average Bonchev–Trinajstić information content (AvgIpc) is 2.82. The summed E-state index contributed by atoms with van der Waals surface area (Å²) in [6.07, 6.45) is 3.38. The lowest BCUT2D eigenvalue weighted by molar-refractivity contribution is 0.0686. The maximum atomic E-state index is 12.2. The van der Waals surface area contributed by atoms with Crippen LogP contribution >= 0.6 is 23.1 Å². The Morgan fingerprint density at radius 3 is 2.69 bits per heavy atom. The minimum Gasteiger partial charge on any atom is -0.334 e. The first-order chi connectivity index (χ1) is 7.74. The third kappa shape index (κ3) is 3.15. The third-order valence-corrected chi connectivity index (χ3v) is 3.36. The SMILES string of the molecule is CCC(CC)N(CCCl)C(=O)c1cnns1. The molecule has 0 saturated carbocycles. The lowest BCUT2D eigenvalue weighted by Gasteiger charge is -2.29. The van der Waals surface area contributed by atoms with Gasteiger partial charge in [0.15, 0.2) is 0 Å². The second-order valence-electron chi connectivity index (χ2n) is 3.44. The van der Waals surface area contributed by atoms with Crippen molar-refractivity contribution in [3.8, 4) is 0 Å². The molecule has 0 spiro atoms. The summed E-state index contributed by atoms with van der Waals surface area (Å²) in [7, 11) is 0. The van der Waals surface area contributed by atoms with E-state index in [1.54, 1.807) is 0 Å². The number of aromatic nitrogens is 2. The summed E-state index contributed by atoms with van der Waals surface area (Å²) >= 11 is 6.87. The van der Waals surface area contributed by atoms with Gasteiger partial charge in [0, 0.05) is 18.5 Å². The Kier molecular flexibility index (Phi) is 5.69. The molecule has 16 heavy (non-hydrogen) atoms. The Bertz CT molecular complexity index is 314. The van der Waals surface area contributed by atoms with Crippen LogP contribution in [0, 0.1) is 0 Å². The van der Waals surface area contributed by atoms with Crippen LogP contribution in [0.5, 0.6) is 0 Å². The standard InChI is InChI=1S/C10H16ClN3OS/c1-3-8(4-2)14(6-5-11)10(15)9-7-12-13-16-9/h7-8H,3-6H2,1-2H3. The van der Waals surface area contributed by atoms with Crippen LogP contribution < -0.4 is 0 Å². The molecule has 0 saturated heterocycles. The molecule has 90 valence electrons. The van der Waals surface area contributed by atoms with Crippen molar-refractivity contribution in [3.63, 3.8) is 0 Å². The monoisotopic (exact) mass is 261 g/mol. The average molecular weight is 262 g/mol. The van der Waals surface area contributed by atoms with Crippen LogP contribution in [0.3, 0.4) is 0 Å². The number of carbonyl (C=O) groups is 1. The van der Waals surface area contributed by atoms with Gasteiger partial charge in [0.1, 0.15) is 4.88 Å². The molecule has 1 aromatic rings. The van der Waals surface area contributed by atoms with Crippen molar-refractivity contribution in [2.45, 2.75) is 32.7 Å². The topological polar surface area (TPSA) is 46.1 Å². The molecule has 4 nitrogen and oxygen atoms in total. The molecular weight excluding hydrogens is 246 g/mol. The summed E-state index contributed by atoms with van der Waals surface area (Å²) in [5, 5.41) is 3.68. The zero-order valence-corrected chi connectivity index (χ0v) is 11.1. The molecule has 1 amide bonds. The Morgan fingerprint density at radius 1 is 1.56 bits per heavy atom. The Morgan fingerprint density at radius 2 is 2.25 bits per heavy atom. The molecule has 0 fully saturated rings. The fourth-order valence-electron chi connectivity index (χ4n) is 1.67. The van der Waals surface area contributed by atoms with Crippen LogP contribution in [0.1, 0.15) is 36.4 Å². The molecule has 0 aromatic carbocycles. The highest BCUT2D eigenvalue weighted by molar-refractivity contribution is 7.07. The summed E-state index contributed by atoms with van der Waals surface area (Å²) in [6.45, 7) is 4.73. The van der Waals surface area contributed by atoms with Crippen molar-refractivity contribution in [2.24, 2.45) is 0 Å². The van der Waals surface area contributed by atoms with Crippen LogP contribution in [0.15, 0.2) is 6.20 Å². The highest BCUT2D eigenvalue weighted by Gasteiger charge is 2.23. The van der Waals surface area contributed by atoms with Gasteiger partial charge in [-0.3, -0.25) is 4.79 Å². The van der Waals surface area contributed by atoms with Gasteiger partial charge in [0.2, 0.25) is 0 Å². The summed E-state index contributed by atoms with van der Waals surface area (Å²) in [5.41, 5.74) is 0. The molecular formula is C10H16ClN3OS. The first-order valence-electron chi connectivity index (χ1n) is 5.38. The van der Waals surface area contributed by atoms with E-state index >= 15 is 0 Å². The molecule has 0 radical (unpaired) electrons.